The standard InChI is InChI=1S/C10H12NO3P/c1-9(12)11-7-8-15(13,14)10-5-3-2-4-6-10/h2-8H,1H3,(H,11,12)(H,13,14). The van der Waals surface area contributed by atoms with Gasteiger partial charge in [0, 0.05) is 24.2 Å². The van der Waals surface area contributed by atoms with E-state index in [2.05, 4.69) is 5.32 Å². The highest BCUT2D eigenvalue weighted by Gasteiger charge is 2.15. The summed E-state index contributed by atoms with van der Waals surface area (Å²) in [5, 5.41) is 2.66. The fraction of sp³-hybridized carbons (Fsp3) is 0.100. The molecule has 1 rings (SSSR count). The van der Waals surface area contributed by atoms with Gasteiger partial charge < -0.3 is 10.2 Å². The van der Waals surface area contributed by atoms with Gasteiger partial charge in [-0.25, -0.2) is 0 Å². The van der Waals surface area contributed by atoms with Gasteiger partial charge in [-0.2, -0.15) is 0 Å². The van der Waals surface area contributed by atoms with Crippen LogP contribution in [0.2, 0.25) is 0 Å². The molecule has 0 aliphatic carbocycles. The van der Waals surface area contributed by atoms with E-state index >= 15 is 0 Å². The normalized spacial score (nSPS) is 14.8. The number of rotatable bonds is 3. The summed E-state index contributed by atoms with van der Waals surface area (Å²) in [6.07, 6.45) is 1.19. The summed E-state index contributed by atoms with van der Waals surface area (Å²) in [5.41, 5.74) is 0. The fourth-order valence-corrected chi connectivity index (χ4v) is 2.03. The van der Waals surface area contributed by atoms with Crippen molar-refractivity contribution in [1.82, 2.24) is 5.32 Å². The summed E-state index contributed by atoms with van der Waals surface area (Å²) >= 11 is 0. The third kappa shape index (κ3) is 3.70. The number of nitrogens with one attached hydrogen (secondary N) is 1. The number of hydrogen-bond donors (Lipinski definition) is 2. The van der Waals surface area contributed by atoms with Crippen molar-refractivity contribution < 1.29 is 14.3 Å². The van der Waals surface area contributed by atoms with Gasteiger partial charge in [0.15, 0.2) is 0 Å². The molecule has 1 aromatic carbocycles. The van der Waals surface area contributed by atoms with Gasteiger partial charge >= 0.3 is 0 Å². The van der Waals surface area contributed by atoms with Gasteiger partial charge in [0.05, 0.1) is 0 Å². The van der Waals surface area contributed by atoms with Gasteiger partial charge in [-0.1, -0.05) is 18.2 Å². The first-order chi connectivity index (χ1) is 7.02. The summed E-state index contributed by atoms with van der Waals surface area (Å²) in [6, 6.07) is 8.27. The van der Waals surface area contributed by atoms with Crippen LogP contribution in [-0.4, -0.2) is 10.8 Å². The third-order valence-corrected chi connectivity index (χ3v) is 3.28. The molecule has 0 aliphatic rings. The van der Waals surface area contributed by atoms with Crippen LogP contribution in [0, 0.1) is 0 Å². The van der Waals surface area contributed by atoms with Crippen molar-refractivity contribution in [3.8, 4) is 0 Å². The largest absolute Gasteiger partial charge is 0.338 e. The Balaban J connectivity index is 2.80. The molecule has 80 valence electrons. The van der Waals surface area contributed by atoms with Crippen LogP contribution in [0.25, 0.3) is 0 Å². The van der Waals surface area contributed by atoms with E-state index in [4.69, 9.17) is 0 Å². The zero-order valence-electron chi connectivity index (χ0n) is 8.25. The van der Waals surface area contributed by atoms with Crippen molar-refractivity contribution >= 4 is 18.6 Å². The van der Waals surface area contributed by atoms with Crippen molar-refractivity contribution in [2.24, 2.45) is 0 Å². The van der Waals surface area contributed by atoms with Gasteiger partial charge in [-0.15, -0.1) is 0 Å². The highest BCUT2D eigenvalue weighted by molar-refractivity contribution is 7.69. The van der Waals surface area contributed by atoms with Crippen LogP contribution in [0.4, 0.5) is 0 Å². The third-order valence-electron chi connectivity index (χ3n) is 1.69. The molecule has 0 saturated carbocycles. The molecule has 0 saturated heterocycles. The highest BCUT2D eigenvalue weighted by atomic mass is 31.2. The van der Waals surface area contributed by atoms with E-state index < -0.39 is 7.37 Å². The van der Waals surface area contributed by atoms with Crippen LogP contribution >= 0.6 is 7.37 Å². The second kappa shape index (κ2) is 4.91. The molecule has 4 nitrogen and oxygen atoms in total. The van der Waals surface area contributed by atoms with Crippen LogP contribution in [0.5, 0.6) is 0 Å². The van der Waals surface area contributed by atoms with E-state index in [0.29, 0.717) is 5.30 Å². The Bertz CT molecular complexity index is 414. The molecule has 5 heteroatoms. The Morgan fingerprint density at radius 3 is 2.53 bits per heavy atom. The van der Waals surface area contributed by atoms with Crippen molar-refractivity contribution in [2.75, 3.05) is 0 Å². The Hall–Kier alpha value is -1.38. The summed E-state index contributed by atoms with van der Waals surface area (Å²) in [5.74, 6) is 0.823. The van der Waals surface area contributed by atoms with E-state index in [1.165, 1.54) is 13.1 Å². The lowest BCUT2D eigenvalue weighted by Crippen LogP contribution is -2.12. The minimum Gasteiger partial charge on any atom is -0.338 e. The summed E-state index contributed by atoms with van der Waals surface area (Å²) < 4.78 is 11.7. The fourth-order valence-electron chi connectivity index (χ4n) is 0.983. The van der Waals surface area contributed by atoms with Crippen LogP contribution in [0.15, 0.2) is 42.3 Å². The van der Waals surface area contributed by atoms with E-state index in [1.807, 2.05) is 0 Å². The van der Waals surface area contributed by atoms with Crippen molar-refractivity contribution in [2.45, 2.75) is 6.92 Å². The average Bonchev–Trinajstić information content (AvgIpc) is 2.18. The van der Waals surface area contributed by atoms with Crippen molar-refractivity contribution in [1.29, 1.82) is 0 Å². The predicted octanol–water partition coefficient (Wildman–Crippen LogP) is 1.19. The molecule has 1 atom stereocenters. The van der Waals surface area contributed by atoms with Gasteiger partial charge in [-0.3, -0.25) is 9.36 Å². The minimum absolute atomic E-state index is 0.278. The first-order valence-corrected chi connectivity index (χ1v) is 6.08. The number of benzene rings is 1. The molecule has 0 aliphatic heterocycles. The Kier molecular flexibility index (Phi) is 3.83. The molecule has 0 heterocycles. The van der Waals surface area contributed by atoms with Gasteiger partial charge in [0.2, 0.25) is 5.91 Å². The molecule has 1 amide bonds. The molecule has 0 fully saturated rings. The maximum Gasteiger partial charge on any atom is 0.253 e. The summed E-state index contributed by atoms with van der Waals surface area (Å²) in [6.45, 7) is 1.33. The van der Waals surface area contributed by atoms with Gasteiger partial charge in [0.1, 0.15) is 0 Å². The molecule has 15 heavy (non-hydrogen) atoms. The van der Waals surface area contributed by atoms with E-state index in [9.17, 15) is 14.3 Å². The smallest absolute Gasteiger partial charge is 0.253 e. The maximum atomic E-state index is 11.7. The topological polar surface area (TPSA) is 66.4 Å². The lowest BCUT2D eigenvalue weighted by Gasteiger charge is -2.05. The van der Waals surface area contributed by atoms with E-state index in [-0.39, 0.29) is 5.91 Å². The maximum absolute atomic E-state index is 11.7. The molecule has 0 spiro atoms. The molecule has 1 aromatic rings. The van der Waals surface area contributed by atoms with Crippen molar-refractivity contribution in [3.05, 3.63) is 42.3 Å². The summed E-state index contributed by atoms with van der Waals surface area (Å²) in [4.78, 5) is 20.1. The minimum atomic E-state index is -3.50. The second-order valence-corrected chi connectivity index (χ2v) is 5.04. The number of carbonyl (C=O) groups is 1. The molecular weight excluding hydrogens is 213 g/mol. The van der Waals surface area contributed by atoms with Crippen molar-refractivity contribution in [3.63, 3.8) is 0 Å². The van der Waals surface area contributed by atoms with Gasteiger partial charge in [0.25, 0.3) is 7.37 Å². The zero-order chi connectivity index (χ0) is 11.3. The van der Waals surface area contributed by atoms with Crippen LogP contribution in [0.3, 0.4) is 0 Å². The first kappa shape index (κ1) is 11.7. The van der Waals surface area contributed by atoms with E-state index in [1.54, 1.807) is 30.3 Å². The van der Waals surface area contributed by atoms with Gasteiger partial charge in [-0.05, 0) is 12.1 Å². The molecule has 0 aromatic heterocycles. The van der Waals surface area contributed by atoms with E-state index in [0.717, 1.165) is 5.82 Å². The Morgan fingerprint density at radius 1 is 1.40 bits per heavy atom. The van der Waals surface area contributed by atoms with Crippen LogP contribution in [0.1, 0.15) is 6.92 Å². The monoisotopic (exact) mass is 225 g/mol. The SMILES string of the molecule is CC(=O)NC=CP(=O)(O)c1ccccc1. The zero-order valence-corrected chi connectivity index (χ0v) is 9.15. The van der Waals surface area contributed by atoms with Crippen LogP contribution < -0.4 is 10.6 Å². The summed E-state index contributed by atoms with van der Waals surface area (Å²) in [7, 11) is -3.50. The number of hydrogen-bond acceptors (Lipinski definition) is 2. The molecular formula is C10H12NO3P. The average molecular weight is 225 g/mol. The lowest BCUT2D eigenvalue weighted by atomic mass is 10.4. The highest BCUT2D eigenvalue weighted by Crippen LogP contribution is 2.40. The quantitative estimate of drug-likeness (QED) is 0.759. The van der Waals surface area contributed by atoms with Crippen LogP contribution in [-0.2, 0) is 9.36 Å². The molecule has 2 N–H and O–H groups in total. The number of amides is 1. The predicted molar refractivity (Wildman–Crippen MR) is 58.9 cm³/mol. The number of carbonyl (C=O) groups excluding carboxylic acids is 1. The first-order valence-electron chi connectivity index (χ1n) is 4.35. The lowest BCUT2D eigenvalue weighted by molar-refractivity contribution is -0.118. The molecule has 0 radical (unpaired) electrons. The molecule has 0 bridgehead atoms. The Labute approximate surface area is 88.1 Å². The molecule has 1 unspecified atom stereocenters. The Morgan fingerprint density at radius 2 is 2.00 bits per heavy atom. The second-order valence-electron chi connectivity index (χ2n) is 2.97.